The molecule has 0 spiro atoms. The van der Waals surface area contributed by atoms with Crippen LogP contribution in [0.1, 0.15) is 33.6 Å². The van der Waals surface area contributed by atoms with Crippen LogP contribution in [0, 0.1) is 0 Å². The number of nitrogens with one attached hydrogen (secondary N) is 2. The van der Waals surface area contributed by atoms with E-state index in [1.807, 2.05) is 0 Å². The smallest absolute Gasteiger partial charge is 0.407 e. The third-order valence-corrected chi connectivity index (χ3v) is 3.63. The van der Waals surface area contributed by atoms with Crippen LogP contribution in [-0.4, -0.2) is 44.8 Å². The van der Waals surface area contributed by atoms with Crippen molar-refractivity contribution in [1.82, 2.24) is 10.0 Å². The van der Waals surface area contributed by atoms with Crippen molar-refractivity contribution >= 4 is 27.7 Å². The van der Waals surface area contributed by atoms with E-state index in [0.29, 0.717) is 25.3 Å². The average molecular weight is 315 g/mol. The lowest BCUT2D eigenvalue weighted by Crippen LogP contribution is -2.34. The van der Waals surface area contributed by atoms with Gasteiger partial charge in [0.25, 0.3) is 0 Å². The summed E-state index contributed by atoms with van der Waals surface area (Å²) in [6.45, 7) is 5.96. The number of carbonyl (C=O) groups is 1. The monoisotopic (exact) mass is 314 g/mol. The van der Waals surface area contributed by atoms with E-state index in [9.17, 15) is 13.2 Å². The molecular weight excluding hydrogens is 292 g/mol. The SMILES string of the molecule is CC(C)(C)OC(=O)NCCCNS(=O)(=O)CCCCl. The highest BCUT2D eigenvalue weighted by atomic mass is 35.5. The van der Waals surface area contributed by atoms with Gasteiger partial charge in [0.15, 0.2) is 0 Å². The molecular formula is C11H23ClN2O4S. The number of alkyl carbamates (subject to hydrolysis) is 1. The lowest BCUT2D eigenvalue weighted by Gasteiger charge is -2.19. The molecule has 2 N–H and O–H groups in total. The Morgan fingerprint density at radius 3 is 2.37 bits per heavy atom. The molecule has 0 aliphatic rings. The van der Waals surface area contributed by atoms with Crippen LogP contribution in [-0.2, 0) is 14.8 Å². The van der Waals surface area contributed by atoms with E-state index < -0.39 is 21.7 Å². The minimum Gasteiger partial charge on any atom is -0.444 e. The number of amides is 1. The second-order valence-electron chi connectivity index (χ2n) is 5.04. The number of ether oxygens (including phenoxy) is 1. The quantitative estimate of drug-likeness (QED) is 0.524. The molecule has 0 aromatic rings. The molecule has 0 aliphatic carbocycles. The van der Waals surface area contributed by atoms with Gasteiger partial charge in [0.05, 0.1) is 5.75 Å². The Morgan fingerprint density at radius 2 is 1.84 bits per heavy atom. The molecule has 0 aromatic carbocycles. The van der Waals surface area contributed by atoms with Gasteiger partial charge in [-0.1, -0.05) is 0 Å². The number of hydrogen-bond donors (Lipinski definition) is 2. The summed E-state index contributed by atoms with van der Waals surface area (Å²) in [5.41, 5.74) is -0.534. The molecule has 19 heavy (non-hydrogen) atoms. The molecule has 0 rings (SSSR count). The predicted octanol–water partition coefficient (Wildman–Crippen LogP) is 1.45. The van der Waals surface area contributed by atoms with Crippen molar-refractivity contribution in [3.8, 4) is 0 Å². The average Bonchev–Trinajstić information content (AvgIpc) is 2.23. The third-order valence-electron chi connectivity index (χ3n) is 1.89. The number of hydrogen-bond acceptors (Lipinski definition) is 4. The van der Waals surface area contributed by atoms with Crippen LogP contribution in [0.2, 0.25) is 0 Å². The van der Waals surface area contributed by atoms with E-state index in [-0.39, 0.29) is 12.3 Å². The fourth-order valence-corrected chi connectivity index (χ4v) is 2.55. The Bertz CT molecular complexity index is 365. The normalized spacial score (nSPS) is 12.2. The first-order chi connectivity index (χ1) is 8.66. The van der Waals surface area contributed by atoms with Crippen molar-refractivity contribution in [3.05, 3.63) is 0 Å². The summed E-state index contributed by atoms with van der Waals surface area (Å²) in [6, 6.07) is 0. The van der Waals surface area contributed by atoms with Crippen LogP contribution in [0.25, 0.3) is 0 Å². The molecule has 6 nitrogen and oxygen atoms in total. The molecule has 0 unspecified atom stereocenters. The molecule has 114 valence electrons. The Kier molecular flexibility index (Phi) is 8.36. The van der Waals surface area contributed by atoms with Crippen molar-refractivity contribution in [2.75, 3.05) is 24.7 Å². The molecule has 0 fully saturated rings. The molecule has 1 amide bonds. The molecule has 0 aromatic heterocycles. The van der Waals surface area contributed by atoms with Crippen LogP contribution in [0.15, 0.2) is 0 Å². The summed E-state index contributed by atoms with van der Waals surface area (Å²) in [6.07, 6.45) is 0.421. The van der Waals surface area contributed by atoms with Gasteiger partial charge in [-0.3, -0.25) is 0 Å². The van der Waals surface area contributed by atoms with Crippen molar-refractivity contribution in [3.63, 3.8) is 0 Å². The molecule has 0 radical (unpaired) electrons. The fraction of sp³-hybridized carbons (Fsp3) is 0.909. The number of alkyl halides is 1. The Balaban J connectivity index is 3.68. The molecule has 0 saturated heterocycles. The Hall–Kier alpha value is -0.530. The first-order valence-corrected chi connectivity index (χ1v) is 8.35. The Labute approximate surface area is 120 Å². The summed E-state index contributed by atoms with van der Waals surface area (Å²) < 4.78 is 30.3. The summed E-state index contributed by atoms with van der Waals surface area (Å²) in [7, 11) is -3.25. The second-order valence-corrected chi connectivity index (χ2v) is 7.34. The zero-order valence-electron chi connectivity index (χ0n) is 11.7. The maximum absolute atomic E-state index is 11.4. The topological polar surface area (TPSA) is 84.5 Å². The van der Waals surface area contributed by atoms with Gasteiger partial charge < -0.3 is 10.1 Å². The Morgan fingerprint density at radius 1 is 1.21 bits per heavy atom. The van der Waals surface area contributed by atoms with Gasteiger partial charge in [-0.25, -0.2) is 17.9 Å². The van der Waals surface area contributed by atoms with E-state index in [2.05, 4.69) is 10.0 Å². The van der Waals surface area contributed by atoms with E-state index >= 15 is 0 Å². The van der Waals surface area contributed by atoms with Gasteiger partial charge in [0.2, 0.25) is 10.0 Å². The molecule has 0 bridgehead atoms. The van der Waals surface area contributed by atoms with Crippen molar-refractivity contribution in [2.45, 2.75) is 39.2 Å². The van der Waals surface area contributed by atoms with E-state index in [1.165, 1.54) is 0 Å². The van der Waals surface area contributed by atoms with Gasteiger partial charge in [-0.2, -0.15) is 0 Å². The number of halogens is 1. The van der Waals surface area contributed by atoms with Crippen molar-refractivity contribution in [2.24, 2.45) is 0 Å². The molecule has 0 aliphatic heterocycles. The molecule has 8 heteroatoms. The minimum absolute atomic E-state index is 0.0238. The maximum Gasteiger partial charge on any atom is 0.407 e. The molecule has 0 saturated carbocycles. The van der Waals surface area contributed by atoms with Gasteiger partial charge in [-0.15, -0.1) is 11.6 Å². The third kappa shape index (κ3) is 12.3. The second kappa shape index (κ2) is 8.60. The highest BCUT2D eigenvalue weighted by Crippen LogP contribution is 2.06. The van der Waals surface area contributed by atoms with Crippen molar-refractivity contribution < 1.29 is 17.9 Å². The first kappa shape index (κ1) is 18.5. The van der Waals surface area contributed by atoms with Crippen LogP contribution in [0.5, 0.6) is 0 Å². The number of carbonyl (C=O) groups excluding carboxylic acids is 1. The first-order valence-electron chi connectivity index (χ1n) is 6.16. The van der Waals surface area contributed by atoms with E-state index in [4.69, 9.17) is 16.3 Å². The fourth-order valence-electron chi connectivity index (χ4n) is 1.14. The van der Waals surface area contributed by atoms with Crippen LogP contribution < -0.4 is 10.0 Å². The van der Waals surface area contributed by atoms with Crippen molar-refractivity contribution in [1.29, 1.82) is 0 Å². The van der Waals surface area contributed by atoms with E-state index in [1.54, 1.807) is 20.8 Å². The summed E-state index contributed by atoms with van der Waals surface area (Å²) in [5.74, 6) is 0.344. The summed E-state index contributed by atoms with van der Waals surface area (Å²) in [4.78, 5) is 11.3. The lowest BCUT2D eigenvalue weighted by molar-refractivity contribution is 0.0527. The lowest BCUT2D eigenvalue weighted by atomic mass is 10.2. The largest absolute Gasteiger partial charge is 0.444 e. The summed E-state index contributed by atoms with van der Waals surface area (Å²) >= 11 is 5.43. The minimum atomic E-state index is -3.25. The highest BCUT2D eigenvalue weighted by Gasteiger charge is 2.15. The number of rotatable bonds is 8. The zero-order valence-corrected chi connectivity index (χ0v) is 13.2. The van der Waals surface area contributed by atoms with Crippen LogP contribution in [0.4, 0.5) is 4.79 Å². The standard InChI is InChI=1S/C11H23ClN2O4S/c1-11(2,3)18-10(15)13-7-5-8-14-19(16,17)9-4-6-12/h14H,4-9H2,1-3H3,(H,13,15). The van der Waals surface area contributed by atoms with Gasteiger partial charge >= 0.3 is 6.09 Å². The summed E-state index contributed by atoms with van der Waals surface area (Å²) in [5, 5.41) is 2.55. The van der Waals surface area contributed by atoms with E-state index in [0.717, 1.165) is 0 Å². The highest BCUT2D eigenvalue weighted by molar-refractivity contribution is 7.89. The number of sulfonamides is 1. The van der Waals surface area contributed by atoms with Gasteiger partial charge in [0, 0.05) is 19.0 Å². The van der Waals surface area contributed by atoms with Crippen LogP contribution in [0.3, 0.4) is 0 Å². The zero-order chi connectivity index (χ0) is 14.9. The van der Waals surface area contributed by atoms with Crippen LogP contribution >= 0.6 is 11.6 Å². The maximum atomic E-state index is 11.4. The van der Waals surface area contributed by atoms with Gasteiger partial charge in [0.1, 0.15) is 5.60 Å². The molecule has 0 atom stereocenters. The molecule has 0 heterocycles. The van der Waals surface area contributed by atoms with Gasteiger partial charge in [-0.05, 0) is 33.6 Å². The predicted molar refractivity (Wildman–Crippen MR) is 76.0 cm³/mol.